The number of carbonyl (C=O) groups is 2. The van der Waals surface area contributed by atoms with Crippen molar-refractivity contribution in [2.75, 3.05) is 26.2 Å². The summed E-state index contributed by atoms with van der Waals surface area (Å²) in [5.41, 5.74) is 19.3. The van der Waals surface area contributed by atoms with Crippen LogP contribution in [0, 0.1) is 0 Å². The van der Waals surface area contributed by atoms with Crippen LogP contribution in [0.3, 0.4) is 0 Å². The van der Waals surface area contributed by atoms with Crippen molar-refractivity contribution in [2.24, 2.45) is 10.2 Å². The van der Waals surface area contributed by atoms with E-state index in [4.69, 9.17) is 20.5 Å². The van der Waals surface area contributed by atoms with Crippen LogP contribution in [-0.2, 0) is 10.3 Å². The van der Waals surface area contributed by atoms with Crippen LogP contribution in [0.5, 0.6) is 11.5 Å². The first-order valence-electron chi connectivity index (χ1n) is 11.5. The minimum absolute atomic E-state index is 0.149. The van der Waals surface area contributed by atoms with Crippen LogP contribution in [0.2, 0.25) is 0 Å². The number of amides is 1. The molecule has 12 nitrogen and oxygen atoms in total. The lowest BCUT2D eigenvalue weighted by atomic mass is 9.77. The Morgan fingerprint density at radius 3 is 2.08 bits per heavy atom. The van der Waals surface area contributed by atoms with Gasteiger partial charge in [-0.3, -0.25) is 4.79 Å². The highest BCUT2D eigenvalue weighted by Gasteiger charge is 2.53. The van der Waals surface area contributed by atoms with Gasteiger partial charge in [-0.05, 0) is 35.3 Å². The third-order valence-electron chi connectivity index (χ3n) is 6.75. The molecule has 0 aliphatic carbocycles. The van der Waals surface area contributed by atoms with Crippen LogP contribution < -0.4 is 10.1 Å². The molecule has 3 aliphatic rings. The van der Waals surface area contributed by atoms with E-state index in [0.717, 1.165) is 0 Å². The molecule has 12 heteroatoms. The van der Waals surface area contributed by atoms with Crippen LogP contribution in [-0.4, -0.2) is 43.0 Å². The summed E-state index contributed by atoms with van der Waals surface area (Å²) in [7, 11) is 0. The Morgan fingerprint density at radius 2 is 1.49 bits per heavy atom. The fourth-order valence-corrected chi connectivity index (χ4v) is 5.12. The van der Waals surface area contributed by atoms with Crippen LogP contribution in [0.4, 0.5) is 11.4 Å². The maximum Gasteiger partial charge on any atom is 0.340 e. The van der Waals surface area contributed by atoms with Gasteiger partial charge in [-0.25, -0.2) is 4.79 Å². The van der Waals surface area contributed by atoms with Crippen LogP contribution in [0.15, 0.2) is 64.8 Å². The predicted octanol–water partition coefficient (Wildman–Crippen LogP) is 5.18. The summed E-state index contributed by atoms with van der Waals surface area (Å²) in [5, 5.41) is 10.5. The Bertz CT molecular complexity index is 1520. The summed E-state index contributed by atoms with van der Waals surface area (Å²) in [6.45, 7) is 2.60. The molecule has 3 heterocycles. The summed E-state index contributed by atoms with van der Waals surface area (Å²) in [6.07, 6.45) is 0. The van der Waals surface area contributed by atoms with E-state index in [9.17, 15) is 9.59 Å². The van der Waals surface area contributed by atoms with Crippen LogP contribution in [0.1, 0.15) is 37.4 Å². The van der Waals surface area contributed by atoms with Gasteiger partial charge < -0.3 is 19.7 Å². The maximum absolute atomic E-state index is 13.3. The van der Waals surface area contributed by atoms with Gasteiger partial charge in [0.15, 0.2) is 5.60 Å². The number of piperazine rings is 1. The first kappa shape index (κ1) is 22.4. The average molecular weight is 494 g/mol. The Morgan fingerprint density at radius 1 is 0.892 bits per heavy atom. The second kappa shape index (κ2) is 8.58. The van der Waals surface area contributed by atoms with Crippen molar-refractivity contribution >= 4 is 23.3 Å². The number of esters is 1. The summed E-state index contributed by atoms with van der Waals surface area (Å²) in [6, 6.07) is 14.7. The summed E-state index contributed by atoms with van der Waals surface area (Å²) in [5.74, 6) is -0.0972. The van der Waals surface area contributed by atoms with Gasteiger partial charge in [-0.1, -0.05) is 40.6 Å². The highest BCUT2D eigenvalue weighted by molar-refractivity contribution is 6.01. The van der Waals surface area contributed by atoms with E-state index in [1.165, 1.54) is 0 Å². The topological polar surface area (TPSA) is 165 Å². The molecule has 0 bridgehead atoms. The van der Waals surface area contributed by atoms with E-state index >= 15 is 0 Å². The fourth-order valence-electron chi connectivity index (χ4n) is 5.12. The number of benzene rings is 3. The molecule has 3 aliphatic heterocycles. The lowest BCUT2D eigenvalue weighted by Gasteiger charge is -2.36. The van der Waals surface area contributed by atoms with Crippen LogP contribution >= 0.6 is 0 Å². The minimum Gasteiger partial charge on any atom is -0.456 e. The van der Waals surface area contributed by atoms with Gasteiger partial charge in [0.1, 0.15) is 11.5 Å². The average Bonchev–Trinajstić information content (AvgIpc) is 3.21. The zero-order valence-corrected chi connectivity index (χ0v) is 19.3. The third-order valence-corrected chi connectivity index (χ3v) is 6.75. The molecule has 1 amide bonds. The number of hydrogen-bond donors (Lipinski definition) is 1. The SMILES string of the molecule is [N-]=[N+]=Nc1ccc2c(c1)Oc1cc(N=[N+]=[N-])ccc1C21OC(=O)c2cc(C(=O)N3CCNCC3)ccc21. The highest BCUT2D eigenvalue weighted by Crippen LogP contribution is 2.57. The molecule has 0 aromatic heterocycles. The Hall–Kier alpha value is -5.02. The molecule has 6 rings (SSSR count). The number of hydrogen-bond acceptors (Lipinski definition) is 7. The van der Waals surface area contributed by atoms with Crippen molar-refractivity contribution in [3.63, 3.8) is 0 Å². The molecule has 0 radical (unpaired) electrons. The maximum atomic E-state index is 13.3. The number of rotatable bonds is 3. The number of fused-ring (bicyclic) bond motifs is 6. The van der Waals surface area contributed by atoms with E-state index in [2.05, 4.69) is 25.4 Å². The van der Waals surface area contributed by atoms with E-state index in [1.54, 1.807) is 59.5 Å². The molecule has 182 valence electrons. The predicted molar refractivity (Wildman–Crippen MR) is 131 cm³/mol. The number of ether oxygens (including phenoxy) is 2. The monoisotopic (exact) mass is 494 g/mol. The summed E-state index contributed by atoms with van der Waals surface area (Å²) < 4.78 is 12.2. The van der Waals surface area contributed by atoms with E-state index < -0.39 is 11.6 Å². The molecule has 0 unspecified atom stereocenters. The first-order valence-corrected chi connectivity index (χ1v) is 11.5. The van der Waals surface area contributed by atoms with E-state index in [1.807, 2.05) is 0 Å². The molecular weight excluding hydrogens is 476 g/mol. The molecular formula is C25H18N8O4. The third kappa shape index (κ3) is 3.44. The second-order valence-corrected chi connectivity index (χ2v) is 8.72. The van der Waals surface area contributed by atoms with Crippen molar-refractivity contribution in [1.82, 2.24) is 10.2 Å². The molecule has 0 saturated carbocycles. The standard InChI is InChI=1S/C25H18N8O4/c26-31-29-15-2-5-19-21(12-15)36-22-13-16(30-32-27)3-6-20(22)25(19)18-4-1-14(11-17(18)24(35)37-25)23(34)33-9-7-28-8-10-33/h1-6,11-13,28H,7-10H2. The van der Waals surface area contributed by atoms with Crippen molar-refractivity contribution in [2.45, 2.75) is 5.60 Å². The molecule has 37 heavy (non-hydrogen) atoms. The number of nitrogens with one attached hydrogen (secondary N) is 1. The number of carbonyl (C=O) groups excluding carboxylic acids is 2. The molecule has 3 aromatic carbocycles. The highest BCUT2D eigenvalue weighted by atomic mass is 16.6. The van der Waals surface area contributed by atoms with Gasteiger partial charge in [-0.15, -0.1) is 0 Å². The normalized spacial score (nSPS) is 18.9. The van der Waals surface area contributed by atoms with Gasteiger partial charge >= 0.3 is 5.97 Å². The zero-order valence-electron chi connectivity index (χ0n) is 19.3. The molecule has 1 saturated heterocycles. The molecule has 1 fully saturated rings. The lowest BCUT2D eigenvalue weighted by molar-refractivity contribution is 0.0224. The summed E-state index contributed by atoms with van der Waals surface area (Å²) >= 11 is 0. The molecule has 1 N–H and O–H groups in total. The second-order valence-electron chi connectivity index (χ2n) is 8.72. The minimum atomic E-state index is -1.38. The smallest absolute Gasteiger partial charge is 0.340 e. The van der Waals surface area contributed by atoms with Crippen LogP contribution in [0.25, 0.3) is 20.9 Å². The molecule has 0 atom stereocenters. The largest absolute Gasteiger partial charge is 0.456 e. The summed E-state index contributed by atoms with van der Waals surface area (Å²) in [4.78, 5) is 33.8. The number of nitrogens with zero attached hydrogens (tertiary/aromatic N) is 7. The van der Waals surface area contributed by atoms with Gasteiger partial charge in [0, 0.05) is 69.6 Å². The fraction of sp³-hybridized carbons (Fsp3) is 0.200. The van der Waals surface area contributed by atoms with Crippen molar-refractivity contribution in [3.8, 4) is 11.5 Å². The number of azide groups is 2. The Balaban J connectivity index is 1.54. The molecule has 3 aromatic rings. The lowest BCUT2D eigenvalue weighted by Crippen LogP contribution is -2.46. The van der Waals surface area contributed by atoms with Gasteiger partial charge in [0.2, 0.25) is 0 Å². The quantitative estimate of drug-likeness (QED) is 0.229. The Labute approximate surface area is 209 Å². The van der Waals surface area contributed by atoms with Crippen molar-refractivity contribution in [1.29, 1.82) is 0 Å². The zero-order chi connectivity index (χ0) is 25.6. The van der Waals surface area contributed by atoms with Gasteiger partial charge in [-0.2, -0.15) is 0 Å². The van der Waals surface area contributed by atoms with Crippen molar-refractivity contribution < 1.29 is 19.1 Å². The Kier molecular flexibility index (Phi) is 5.20. The van der Waals surface area contributed by atoms with Crippen molar-refractivity contribution in [3.05, 3.63) is 103 Å². The van der Waals surface area contributed by atoms with E-state index in [0.29, 0.717) is 71.3 Å². The first-order chi connectivity index (χ1) is 18.0. The van der Waals surface area contributed by atoms with Gasteiger partial charge in [0.05, 0.1) is 5.56 Å². The van der Waals surface area contributed by atoms with Gasteiger partial charge in [0.25, 0.3) is 5.91 Å². The van der Waals surface area contributed by atoms with E-state index in [-0.39, 0.29) is 11.5 Å². The molecule has 1 spiro atoms.